The summed E-state index contributed by atoms with van der Waals surface area (Å²) < 4.78 is 11.8. The van der Waals surface area contributed by atoms with Crippen molar-refractivity contribution in [3.8, 4) is 11.5 Å². The molecule has 0 atom stereocenters. The van der Waals surface area contributed by atoms with Gasteiger partial charge in [0.15, 0.2) is 5.76 Å². The second kappa shape index (κ2) is 7.92. The Labute approximate surface area is 178 Å². The molecule has 0 spiro atoms. The van der Waals surface area contributed by atoms with Gasteiger partial charge in [-0.3, -0.25) is 14.9 Å². The van der Waals surface area contributed by atoms with E-state index >= 15 is 0 Å². The van der Waals surface area contributed by atoms with E-state index in [0.717, 1.165) is 10.0 Å². The van der Waals surface area contributed by atoms with Gasteiger partial charge in [-0.15, -0.1) is 0 Å². The number of ketones is 1. The maximum Gasteiger partial charge on any atom is 0.343 e. The molecule has 0 bridgehead atoms. The number of benzene rings is 3. The van der Waals surface area contributed by atoms with Gasteiger partial charge in [-0.25, -0.2) is 4.79 Å². The second-order valence-electron chi connectivity index (χ2n) is 6.35. The highest BCUT2D eigenvalue weighted by molar-refractivity contribution is 9.10. The Hall–Kier alpha value is -3.78. The number of nitro benzene ring substituents is 1. The van der Waals surface area contributed by atoms with E-state index in [1.54, 1.807) is 6.08 Å². The Kier molecular flexibility index (Phi) is 5.16. The van der Waals surface area contributed by atoms with E-state index in [2.05, 4.69) is 15.9 Å². The highest BCUT2D eigenvalue weighted by Crippen LogP contribution is 2.35. The van der Waals surface area contributed by atoms with Gasteiger partial charge >= 0.3 is 5.97 Å². The van der Waals surface area contributed by atoms with Crippen LogP contribution in [0, 0.1) is 10.1 Å². The average Bonchev–Trinajstić information content (AvgIpc) is 3.03. The number of allylic oxidation sites excluding steroid dienone is 1. The van der Waals surface area contributed by atoms with Gasteiger partial charge in [-0.2, -0.15) is 0 Å². The topological polar surface area (TPSA) is 95.7 Å². The van der Waals surface area contributed by atoms with Gasteiger partial charge in [0.25, 0.3) is 5.69 Å². The molecular formula is C22H12BrNO6. The molecule has 1 aliphatic heterocycles. The molecule has 148 valence electrons. The molecule has 30 heavy (non-hydrogen) atoms. The summed E-state index contributed by atoms with van der Waals surface area (Å²) in [5.41, 5.74) is 1.20. The minimum absolute atomic E-state index is 0.124. The Balaban J connectivity index is 1.52. The molecule has 0 N–H and O–H groups in total. The minimum atomic E-state index is -0.681. The molecule has 8 heteroatoms. The lowest BCUT2D eigenvalue weighted by Gasteiger charge is -2.05. The number of ether oxygens (including phenoxy) is 2. The van der Waals surface area contributed by atoms with E-state index in [9.17, 15) is 19.7 Å². The standard InChI is InChI=1S/C22H12BrNO6/c23-15-3-1-2-13(10-15)11-20-21(25)18-9-8-17(12-19(18)30-20)29-22(26)14-4-6-16(7-5-14)24(27)28/h1-12H/b20-11-. The summed E-state index contributed by atoms with van der Waals surface area (Å²) in [4.78, 5) is 35.0. The maximum absolute atomic E-state index is 12.6. The van der Waals surface area contributed by atoms with Gasteiger partial charge in [0, 0.05) is 22.7 Å². The van der Waals surface area contributed by atoms with Gasteiger partial charge in [0.05, 0.1) is 16.1 Å². The van der Waals surface area contributed by atoms with E-state index in [-0.39, 0.29) is 34.3 Å². The Morgan fingerprint density at radius 3 is 2.53 bits per heavy atom. The van der Waals surface area contributed by atoms with Crippen molar-refractivity contribution in [3.05, 3.63) is 104 Å². The molecule has 4 rings (SSSR count). The van der Waals surface area contributed by atoms with Crippen LogP contribution in [0.25, 0.3) is 6.08 Å². The SMILES string of the molecule is O=C(Oc1ccc2c(c1)O/C(=C\c1cccc(Br)c1)C2=O)c1ccc([N+](=O)[O-])cc1. The van der Waals surface area contributed by atoms with E-state index < -0.39 is 10.9 Å². The van der Waals surface area contributed by atoms with Gasteiger partial charge < -0.3 is 9.47 Å². The third kappa shape index (κ3) is 3.99. The summed E-state index contributed by atoms with van der Waals surface area (Å²) in [6, 6.07) is 17.0. The largest absolute Gasteiger partial charge is 0.452 e. The van der Waals surface area contributed by atoms with Crippen LogP contribution in [0.1, 0.15) is 26.3 Å². The van der Waals surface area contributed by atoms with Gasteiger partial charge in [0.1, 0.15) is 11.5 Å². The van der Waals surface area contributed by atoms with E-state index in [0.29, 0.717) is 5.56 Å². The number of carbonyl (C=O) groups is 2. The number of Topliss-reactive ketones (excluding diaryl/α,β-unsaturated/α-hetero) is 1. The van der Waals surface area contributed by atoms with Crippen molar-refractivity contribution < 1.29 is 24.0 Å². The first-order chi connectivity index (χ1) is 14.4. The summed E-state index contributed by atoms with van der Waals surface area (Å²) in [5, 5.41) is 10.7. The third-order valence-electron chi connectivity index (χ3n) is 4.31. The van der Waals surface area contributed by atoms with Crippen LogP contribution in [-0.2, 0) is 0 Å². The summed E-state index contributed by atoms with van der Waals surface area (Å²) >= 11 is 3.38. The van der Waals surface area contributed by atoms with Crippen molar-refractivity contribution in [1.82, 2.24) is 0 Å². The van der Waals surface area contributed by atoms with Crippen molar-refractivity contribution in [2.75, 3.05) is 0 Å². The van der Waals surface area contributed by atoms with Crippen molar-refractivity contribution in [3.63, 3.8) is 0 Å². The van der Waals surface area contributed by atoms with Crippen LogP contribution in [-0.4, -0.2) is 16.7 Å². The van der Waals surface area contributed by atoms with Crippen LogP contribution < -0.4 is 9.47 Å². The van der Waals surface area contributed by atoms with Crippen LogP contribution in [0.4, 0.5) is 5.69 Å². The fourth-order valence-electron chi connectivity index (χ4n) is 2.86. The summed E-state index contributed by atoms with van der Waals surface area (Å²) in [6.45, 7) is 0. The molecule has 3 aromatic carbocycles. The Morgan fingerprint density at radius 1 is 1.07 bits per heavy atom. The number of esters is 1. The predicted molar refractivity (Wildman–Crippen MR) is 112 cm³/mol. The number of nitrogens with zero attached hydrogens (tertiary/aromatic N) is 1. The Bertz CT molecular complexity index is 1220. The lowest BCUT2D eigenvalue weighted by Crippen LogP contribution is -2.08. The molecule has 0 fully saturated rings. The zero-order valence-corrected chi connectivity index (χ0v) is 16.8. The zero-order chi connectivity index (χ0) is 21.3. The number of fused-ring (bicyclic) bond motifs is 1. The molecule has 0 saturated heterocycles. The maximum atomic E-state index is 12.6. The van der Waals surface area contributed by atoms with Crippen LogP contribution >= 0.6 is 15.9 Å². The second-order valence-corrected chi connectivity index (χ2v) is 7.26. The number of halogens is 1. The molecule has 0 saturated carbocycles. The fourth-order valence-corrected chi connectivity index (χ4v) is 3.28. The third-order valence-corrected chi connectivity index (χ3v) is 4.81. The first kappa shape index (κ1) is 19.5. The van der Waals surface area contributed by atoms with E-state index in [1.807, 2.05) is 24.3 Å². The van der Waals surface area contributed by atoms with Crippen molar-refractivity contribution in [2.45, 2.75) is 0 Å². The molecule has 0 amide bonds. The lowest BCUT2D eigenvalue weighted by molar-refractivity contribution is -0.384. The zero-order valence-electron chi connectivity index (χ0n) is 15.2. The highest BCUT2D eigenvalue weighted by Gasteiger charge is 2.28. The number of rotatable bonds is 4. The molecule has 0 unspecified atom stereocenters. The monoisotopic (exact) mass is 465 g/mol. The molecule has 0 aliphatic carbocycles. The first-order valence-corrected chi connectivity index (χ1v) is 9.50. The van der Waals surface area contributed by atoms with E-state index in [4.69, 9.17) is 9.47 Å². The van der Waals surface area contributed by atoms with Crippen LogP contribution in [0.5, 0.6) is 11.5 Å². The lowest BCUT2D eigenvalue weighted by atomic mass is 10.1. The van der Waals surface area contributed by atoms with Crippen LogP contribution in [0.3, 0.4) is 0 Å². The smallest absolute Gasteiger partial charge is 0.343 e. The molecule has 0 aromatic heterocycles. The van der Waals surface area contributed by atoms with Crippen molar-refractivity contribution >= 4 is 39.4 Å². The number of nitro groups is 1. The molecule has 1 heterocycles. The predicted octanol–water partition coefficient (Wildman–Crippen LogP) is 5.19. The average molecular weight is 466 g/mol. The molecular weight excluding hydrogens is 454 g/mol. The minimum Gasteiger partial charge on any atom is -0.452 e. The van der Waals surface area contributed by atoms with Gasteiger partial charge in [-0.05, 0) is 48.0 Å². The number of carbonyl (C=O) groups excluding carboxylic acids is 2. The summed E-state index contributed by atoms with van der Waals surface area (Å²) in [6.07, 6.45) is 1.63. The van der Waals surface area contributed by atoms with Crippen LogP contribution in [0.15, 0.2) is 77.0 Å². The molecule has 3 aromatic rings. The van der Waals surface area contributed by atoms with Crippen molar-refractivity contribution in [2.24, 2.45) is 0 Å². The number of hydrogen-bond donors (Lipinski definition) is 0. The normalized spacial score (nSPS) is 13.6. The van der Waals surface area contributed by atoms with Gasteiger partial charge in [0.2, 0.25) is 5.78 Å². The number of non-ortho nitro benzene ring substituents is 1. The summed E-state index contributed by atoms with van der Waals surface area (Å²) in [7, 11) is 0. The van der Waals surface area contributed by atoms with Crippen LogP contribution in [0.2, 0.25) is 0 Å². The van der Waals surface area contributed by atoms with E-state index in [1.165, 1.54) is 42.5 Å². The quantitative estimate of drug-likeness (QED) is 0.173. The molecule has 0 radical (unpaired) electrons. The van der Waals surface area contributed by atoms with Gasteiger partial charge in [-0.1, -0.05) is 28.1 Å². The molecule has 7 nitrogen and oxygen atoms in total. The first-order valence-electron chi connectivity index (χ1n) is 8.71. The molecule has 1 aliphatic rings. The summed E-state index contributed by atoms with van der Waals surface area (Å²) in [5.74, 6) is -0.303. The highest BCUT2D eigenvalue weighted by atomic mass is 79.9. The van der Waals surface area contributed by atoms with Crippen molar-refractivity contribution in [1.29, 1.82) is 0 Å². The fraction of sp³-hybridized carbons (Fsp3) is 0. The number of hydrogen-bond acceptors (Lipinski definition) is 6. The Morgan fingerprint density at radius 2 is 1.83 bits per heavy atom.